The summed E-state index contributed by atoms with van der Waals surface area (Å²) >= 11 is 0. The van der Waals surface area contributed by atoms with Gasteiger partial charge in [0.2, 0.25) is 5.91 Å². The van der Waals surface area contributed by atoms with Gasteiger partial charge in [-0.05, 0) is 0 Å². The first-order valence-electron chi connectivity index (χ1n) is 7.47. The van der Waals surface area contributed by atoms with Gasteiger partial charge in [0, 0.05) is 23.5 Å². The van der Waals surface area contributed by atoms with Crippen molar-refractivity contribution in [3.05, 3.63) is 36.2 Å². The van der Waals surface area contributed by atoms with Crippen molar-refractivity contribution in [2.24, 2.45) is 0 Å². The SMILES string of the molecule is O=C1CN(C(=O)c2ncc3ccccc3c2O)CN1CCC(F)(F)F. The van der Waals surface area contributed by atoms with Crippen molar-refractivity contribution < 1.29 is 27.9 Å². The number of halogens is 3. The van der Waals surface area contributed by atoms with Crippen LogP contribution in [0.5, 0.6) is 5.75 Å². The lowest BCUT2D eigenvalue weighted by Crippen LogP contribution is -2.33. The molecular formula is C16H14F3N3O3. The number of carbonyl (C=O) groups excluding carboxylic acids is 2. The molecule has 132 valence electrons. The van der Waals surface area contributed by atoms with E-state index in [1.807, 2.05) is 0 Å². The summed E-state index contributed by atoms with van der Waals surface area (Å²) in [6.07, 6.45) is -4.10. The molecule has 3 rings (SSSR count). The molecule has 1 aromatic carbocycles. The summed E-state index contributed by atoms with van der Waals surface area (Å²) in [5.74, 6) is -1.59. The number of benzene rings is 1. The van der Waals surface area contributed by atoms with Crippen molar-refractivity contribution in [1.29, 1.82) is 0 Å². The number of hydrogen-bond donors (Lipinski definition) is 1. The summed E-state index contributed by atoms with van der Waals surface area (Å²) in [5.41, 5.74) is -0.232. The summed E-state index contributed by atoms with van der Waals surface area (Å²) in [7, 11) is 0. The third-order valence-electron chi connectivity index (χ3n) is 3.95. The molecule has 1 aliphatic rings. The third-order valence-corrected chi connectivity index (χ3v) is 3.95. The van der Waals surface area contributed by atoms with Crippen LogP contribution in [0.25, 0.3) is 10.8 Å². The Morgan fingerprint density at radius 2 is 2.00 bits per heavy atom. The van der Waals surface area contributed by atoms with Gasteiger partial charge in [0.25, 0.3) is 5.91 Å². The fourth-order valence-electron chi connectivity index (χ4n) is 2.65. The molecule has 1 aliphatic heterocycles. The number of nitrogens with zero attached hydrogens (tertiary/aromatic N) is 3. The Balaban J connectivity index is 1.78. The van der Waals surface area contributed by atoms with Crippen LogP contribution in [0, 0.1) is 0 Å². The number of pyridine rings is 1. The van der Waals surface area contributed by atoms with Gasteiger partial charge < -0.3 is 14.9 Å². The Bertz CT molecular complexity index is 838. The van der Waals surface area contributed by atoms with E-state index in [1.54, 1.807) is 24.3 Å². The first-order valence-corrected chi connectivity index (χ1v) is 7.47. The van der Waals surface area contributed by atoms with Crippen molar-refractivity contribution in [2.75, 3.05) is 19.8 Å². The lowest BCUT2D eigenvalue weighted by molar-refractivity contribution is -0.142. The molecule has 25 heavy (non-hydrogen) atoms. The van der Waals surface area contributed by atoms with Crippen LogP contribution in [-0.4, -0.2) is 57.6 Å². The van der Waals surface area contributed by atoms with Crippen LogP contribution in [-0.2, 0) is 4.79 Å². The van der Waals surface area contributed by atoms with E-state index in [1.165, 1.54) is 6.20 Å². The van der Waals surface area contributed by atoms with E-state index in [2.05, 4.69) is 4.98 Å². The Hall–Kier alpha value is -2.84. The highest BCUT2D eigenvalue weighted by atomic mass is 19.4. The molecule has 0 spiro atoms. The fourth-order valence-corrected chi connectivity index (χ4v) is 2.65. The Morgan fingerprint density at radius 1 is 1.28 bits per heavy atom. The smallest absolute Gasteiger partial charge is 0.390 e. The highest BCUT2D eigenvalue weighted by molar-refractivity contribution is 6.03. The van der Waals surface area contributed by atoms with Gasteiger partial charge >= 0.3 is 6.18 Å². The van der Waals surface area contributed by atoms with Crippen LogP contribution in [0.4, 0.5) is 13.2 Å². The minimum absolute atomic E-state index is 0.232. The molecule has 2 amide bonds. The van der Waals surface area contributed by atoms with Gasteiger partial charge in [-0.25, -0.2) is 4.98 Å². The number of amides is 2. The van der Waals surface area contributed by atoms with Gasteiger partial charge in [-0.15, -0.1) is 0 Å². The molecule has 9 heteroatoms. The summed E-state index contributed by atoms with van der Waals surface area (Å²) < 4.78 is 36.9. The Labute approximate surface area is 140 Å². The number of alkyl halides is 3. The second-order valence-corrected chi connectivity index (χ2v) is 5.71. The molecule has 1 fully saturated rings. The van der Waals surface area contributed by atoms with E-state index in [4.69, 9.17) is 0 Å². The summed E-state index contributed by atoms with van der Waals surface area (Å²) in [6, 6.07) is 6.78. The third kappa shape index (κ3) is 3.49. The van der Waals surface area contributed by atoms with E-state index in [0.717, 1.165) is 9.80 Å². The van der Waals surface area contributed by atoms with Gasteiger partial charge in [0.15, 0.2) is 11.4 Å². The van der Waals surface area contributed by atoms with Gasteiger partial charge in [0.1, 0.15) is 6.54 Å². The van der Waals surface area contributed by atoms with Crippen molar-refractivity contribution in [3.63, 3.8) is 0 Å². The van der Waals surface area contributed by atoms with Crippen LogP contribution in [0.15, 0.2) is 30.5 Å². The van der Waals surface area contributed by atoms with Crippen molar-refractivity contribution >= 4 is 22.6 Å². The van der Waals surface area contributed by atoms with E-state index in [9.17, 15) is 27.9 Å². The maximum absolute atomic E-state index is 12.5. The predicted octanol–water partition coefficient (Wildman–Crippen LogP) is 2.13. The average molecular weight is 353 g/mol. The molecule has 2 aromatic rings. The molecule has 0 saturated carbocycles. The summed E-state index contributed by atoms with van der Waals surface area (Å²) in [5, 5.41) is 11.3. The second-order valence-electron chi connectivity index (χ2n) is 5.71. The molecule has 0 aliphatic carbocycles. The van der Waals surface area contributed by atoms with E-state index < -0.39 is 31.0 Å². The zero-order valence-corrected chi connectivity index (χ0v) is 13.0. The number of hydrogen-bond acceptors (Lipinski definition) is 4. The lowest BCUT2D eigenvalue weighted by Gasteiger charge is -2.19. The van der Waals surface area contributed by atoms with Crippen molar-refractivity contribution in [3.8, 4) is 5.75 Å². The number of aromatic hydroxyl groups is 1. The molecular weight excluding hydrogens is 339 g/mol. The Kier molecular flexibility index (Phi) is 4.23. The summed E-state index contributed by atoms with van der Waals surface area (Å²) in [4.78, 5) is 30.3. The van der Waals surface area contributed by atoms with E-state index >= 15 is 0 Å². The minimum Gasteiger partial charge on any atom is -0.505 e. The standard InChI is InChI=1S/C16H14F3N3O3/c17-16(18,19)5-6-21-9-22(8-12(21)23)15(25)13-14(24)11-4-2-1-3-10(11)7-20-13/h1-4,7,24H,5-6,8-9H2. The second kappa shape index (κ2) is 6.23. The van der Waals surface area contributed by atoms with Crippen LogP contribution < -0.4 is 0 Å². The molecule has 2 heterocycles. The highest BCUT2D eigenvalue weighted by Crippen LogP contribution is 2.28. The van der Waals surface area contributed by atoms with Gasteiger partial charge in [0.05, 0.1) is 13.1 Å². The lowest BCUT2D eigenvalue weighted by atomic mass is 10.1. The van der Waals surface area contributed by atoms with Crippen molar-refractivity contribution in [1.82, 2.24) is 14.8 Å². The molecule has 0 unspecified atom stereocenters. The predicted molar refractivity (Wildman–Crippen MR) is 81.7 cm³/mol. The van der Waals surface area contributed by atoms with Crippen LogP contribution in [0.1, 0.15) is 16.9 Å². The van der Waals surface area contributed by atoms with Crippen LogP contribution in [0.3, 0.4) is 0 Å². The molecule has 1 saturated heterocycles. The maximum Gasteiger partial charge on any atom is 0.390 e. The zero-order valence-electron chi connectivity index (χ0n) is 13.0. The molecule has 6 nitrogen and oxygen atoms in total. The number of rotatable bonds is 3. The molecule has 0 atom stereocenters. The zero-order chi connectivity index (χ0) is 18.2. The van der Waals surface area contributed by atoms with Crippen LogP contribution in [0.2, 0.25) is 0 Å². The normalized spacial score (nSPS) is 15.2. The van der Waals surface area contributed by atoms with E-state index in [0.29, 0.717) is 10.8 Å². The molecule has 1 aromatic heterocycles. The van der Waals surface area contributed by atoms with Gasteiger partial charge in [-0.2, -0.15) is 13.2 Å². The topological polar surface area (TPSA) is 73.7 Å². The minimum atomic E-state index is -4.38. The first kappa shape index (κ1) is 17.0. The largest absolute Gasteiger partial charge is 0.505 e. The van der Waals surface area contributed by atoms with Crippen LogP contribution >= 0.6 is 0 Å². The van der Waals surface area contributed by atoms with Gasteiger partial charge in [-0.1, -0.05) is 24.3 Å². The molecule has 0 bridgehead atoms. The maximum atomic E-state index is 12.5. The molecule has 0 radical (unpaired) electrons. The molecule has 1 N–H and O–H groups in total. The quantitative estimate of drug-likeness (QED) is 0.918. The first-order chi connectivity index (χ1) is 11.8. The number of fused-ring (bicyclic) bond motifs is 1. The Morgan fingerprint density at radius 3 is 2.72 bits per heavy atom. The van der Waals surface area contributed by atoms with Gasteiger partial charge in [-0.3, -0.25) is 9.59 Å². The summed E-state index contributed by atoms with van der Waals surface area (Å²) in [6.45, 7) is -1.12. The van der Waals surface area contributed by atoms with E-state index in [-0.39, 0.29) is 24.7 Å². The highest BCUT2D eigenvalue weighted by Gasteiger charge is 2.36. The monoisotopic (exact) mass is 353 g/mol. The average Bonchev–Trinajstić information content (AvgIpc) is 2.93. The number of aromatic nitrogens is 1. The van der Waals surface area contributed by atoms with Crippen molar-refractivity contribution in [2.45, 2.75) is 12.6 Å². The fraction of sp³-hybridized carbons (Fsp3) is 0.312. The number of carbonyl (C=O) groups is 2.